The van der Waals surface area contributed by atoms with Crippen molar-refractivity contribution in [1.82, 2.24) is 25.5 Å². The van der Waals surface area contributed by atoms with Crippen molar-refractivity contribution in [3.8, 4) is 11.8 Å². The average Bonchev–Trinajstić information content (AvgIpc) is 2.87. The van der Waals surface area contributed by atoms with E-state index >= 15 is 0 Å². The first-order valence-electron chi connectivity index (χ1n) is 8.08. The fourth-order valence-corrected chi connectivity index (χ4v) is 2.67. The van der Waals surface area contributed by atoms with Crippen LogP contribution in [0.4, 0.5) is 20.4 Å². The van der Waals surface area contributed by atoms with E-state index in [0.29, 0.717) is 17.7 Å². The van der Waals surface area contributed by atoms with Crippen LogP contribution in [0.5, 0.6) is 11.8 Å². The summed E-state index contributed by atoms with van der Waals surface area (Å²) in [5.41, 5.74) is 0. The summed E-state index contributed by atoms with van der Waals surface area (Å²) < 4.78 is 34.5. The van der Waals surface area contributed by atoms with Crippen LogP contribution in [0.15, 0.2) is 18.5 Å². The van der Waals surface area contributed by atoms with Crippen molar-refractivity contribution in [2.75, 3.05) is 11.9 Å². The van der Waals surface area contributed by atoms with Crippen LogP contribution < -0.4 is 20.1 Å². The van der Waals surface area contributed by atoms with Crippen LogP contribution in [0.3, 0.4) is 0 Å². The maximum absolute atomic E-state index is 12.2. The van der Waals surface area contributed by atoms with E-state index in [2.05, 4.69) is 42.5 Å². The Labute approximate surface area is 143 Å². The lowest BCUT2D eigenvalue weighted by molar-refractivity contribution is -0.0528. The third kappa shape index (κ3) is 5.24. The van der Waals surface area contributed by atoms with Crippen molar-refractivity contribution in [3.63, 3.8) is 0 Å². The highest BCUT2D eigenvalue weighted by molar-refractivity contribution is 5.51. The van der Waals surface area contributed by atoms with Gasteiger partial charge in [-0.25, -0.2) is 5.10 Å². The maximum atomic E-state index is 12.2. The molecule has 0 aromatic carbocycles. The van der Waals surface area contributed by atoms with Gasteiger partial charge in [0.2, 0.25) is 11.8 Å². The zero-order valence-corrected chi connectivity index (χ0v) is 13.7. The first kappa shape index (κ1) is 17.3. The quantitative estimate of drug-likeness (QED) is 0.733. The molecule has 0 spiro atoms. The fourth-order valence-electron chi connectivity index (χ4n) is 2.67. The Morgan fingerprint density at radius 2 is 2.20 bits per heavy atom. The molecule has 0 aliphatic carbocycles. The topological polar surface area (TPSA) is 97.0 Å². The summed E-state index contributed by atoms with van der Waals surface area (Å²) in [6.07, 6.45) is 6.00. The monoisotopic (exact) mass is 354 g/mol. The number of anilines is 2. The number of halogens is 2. The molecule has 2 atom stereocenters. The highest BCUT2D eigenvalue weighted by atomic mass is 19.3. The van der Waals surface area contributed by atoms with Crippen molar-refractivity contribution in [1.29, 1.82) is 0 Å². The van der Waals surface area contributed by atoms with Gasteiger partial charge in [0.15, 0.2) is 11.6 Å². The van der Waals surface area contributed by atoms with E-state index in [0.717, 1.165) is 25.8 Å². The van der Waals surface area contributed by atoms with Crippen LogP contribution in [0.25, 0.3) is 0 Å². The van der Waals surface area contributed by atoms with Gasteiger partial charge in [-0.15, -0.1) is 0 Å². The van der Waals surface area contributed by atoms with Crippen LogP contribution in [-0.4, -0.2) is 45.5 Å². The van der Waals surface area contributed by atoms with E-state index in [1.807, 2.05) is 0 Å². The molecule has 3 heterocycles. The standard InChI is InChI=1S/C15H20F2N6O2/c1-9-5-10(3-2-4-19-9)24-14-8-18-7-12(21-14)20-11-6-13(23-22-11)25-15(16)17/h6-10,15,19H,2-5H2,1H3,(H2,20,21,22,23)/t9-,10+/m1/s1. The summed E-state index contributed by atoms with van der Waals surface area (Å²) in [5, 5.41) is 12.4. The minimum absolute atomic E-state index is 0.0750. The lowest BCUT2D eigenvalue weighted by Crippen LogP contribution is -2.28. The summed E-state index contributed by atoms with van der Waals surface area (Å²) in [6, 6.07) is 1.69. The van der Waals surface area contributed by atoms with E-state index in [1.54, 1.807) is 6.20 Å². The molecule has 2 aromatic rings. The number of aromatic amines is 1. The van der Waals surface area contributed by atoms with Gasteiger partial charge >= 0.3 is 6.61 Å². The zero-order chi connectivity index (χ0) is 17.6. The highest BCUT2D eigenvalue weighted by Gasteiger charge is 2.19. The molecule has 1 saturated heterocycles. The molecule has 0 radical (unpaired) electrons. The average molecular weight is 354 g/mol. The number of aromatic nitrogens is 4. The second-order valence-corrected chi connectivity index (χ2v) is 5.84. The van der Waals surface area contributed by atoms with Crippen LogP contribution in [0.1, 0.15) is 26.2 Å². The van der Waals surface area contributed by atoms with Crippen LogP contribution in [-0.2, 0) is 0 Å². The van der Waals surface area contributed by atoms with E-state index < -0.39 is 6.61 Å². The molecule has 2 aromatic heterocycles. The number of alkyl halides is 2. The van der Waals surface area contributed by atoms with Gasteiger partial charge in [0.25, 0.3) is 0 Å². The first-order valence-corrected chi connectivity index (χ1v) is 8.08. The fraction of sp³-hybridized carbons (Fsp3) is 0.533. The smallest absolute Gasteiger partial charge is 0.388 e. The highest BCUT2D eigenvalue weighted by Crippen LogP contribution is 2.21. The molecule has 136 valence electrons. The van der Waals surface area contributed by atoms with Crippen LogP contribution in [0.2, 0.25) is 0 Å². The first-order chi connectivity index (χ1) is 12.1. The van der Waals surface area contributed by atoms with Gasteiger partial charge in [-0.2, -0.15) is 18.9 Å². The van der Waals surface area contributed by atoms with Crippen molar-refractivity contribution in [2.24, 2.45) is 0 Å². The SMILES string of the molecule is C[C@@H]1C[C@@H](Oc2cncc(Nc3cc(OC(F)F)[nH]n3)n2)CCCN1. The van der Waals surface area contributed by atoms with Gasteiger partial charge in [0, 0.05) is 12.1 Å². The predicted octanol–water partition coefficient (Wildman–Crippen LogP) is 2.45. The molecule has 1 aliphatic rings. The Hall–Kier alpha value is -2.49. The number of H-pyrrole nitrogens is 1. The number of nitrogens with one attached hydrogen (secondary N) is 3. The molecule has 0 unspecified atom stereocenters. The lowest BCUT2D eigenvalue weighted by Gasteiger charge is -2.18. The second-order valence-electron chi connectivity index (χ2n) is 5.84. The molecule has 3 N–H and O–H groups in total. The number of rotatable bonds is 6. The van der Waals surface area contributed by atoms with Gasteiger partial charge < -0.3 is 20.1 Å². The van der Waals surface area contributed by atoms with Crippen molar-refractivity contribution < 1.29 is 18.3 Å². The predicted molar refractivity (Wildman–Crippen MR) is 86.3 cm³/mol. The normalized spacial score (nSPS) is 21.0. The number of hydrogen-bond donors (Lipinski definition) is 3. The summed E-state index contributed by atoms with van der Waals surface area (Å²) in [5.74, 6) is 0.947. The zero-order valence-electron chi connectivity index (χ0n) is 13.7. The summed E-state index contributed by atoms with van der Waals surface area (Å²) in [7, 11) is 0. The summed E-state index contributed by atoms with van der Waals surface area (Å²) >= 11 is 0. The van der Waals surface area contributed by atoms with E-state index in [1.165, 1.54) is 12.3 Å². The summed E-state index contributed by atoms with van der Waals surface area (Å²) in [4.78, 5) is 8.42. The van der Waals surface area contributed by atoms with Gasteiger partial charge in [0.1, 0.15) is 6.10 Å². The Morgan fingerprint density at radius 1 is 1.32 bits per heavy atom. The summed E-state index contributed by atoms with van der Waals surface area (Å²) in [6.45, 7) is 0.194. The Kier molecular flexibility index (Phi) is 5.59. The van der Waals surface area contributed by atoms with Crippen molar-refractivity contribution in [3.05, 3.63) is 18.5 Å². The molecular weight excluding hydrogens is 334 g/mol. The van der Waals surface area contributed by atoms with Crippen molar-refractivity contribution in [2.45, 2.75) is 44.9 Å². The van der Waals surface area contributed by atoms with E-state index in [9.17, 15) is 8.78 Å². The molecule has 0 amide bonds. The molecule has 8 nitrogen and oxygen atoms in total. The number of ether oxygens (including phenoxy) is 2. The molecule has 10 heteroatoms. The van der Waals surface area contributed by atoms with Crippen LogP contribution >= 0.6 is 0 Å². The molecule has 3 rings (SSSR count). The largest absolute Gasteiger partial charge is 0.473 e. The van der Waals surface area contributed by atoms with Gasteiger partial charge in [0.05, 0.1) is 12.4 Å². The Morgan fingerprint density at radius 3 is 3.04 bits per heavy atom. The Balaban J connectivity index is 1.62. The molecule has 1 aliphatic heterocycles. The number of hydrogen-bond acceptors (Lipinski definition) is 7. The van der Waals surface area contributed by atoms with Gasteiger partial charge in [-0.1, -0.05) is 0 Å². The molecule has 1 fully saturated rings. The number of nitrogens with zero attached hydrogens (tertiary/aromatic N) is 3. The van der Waals surface area contributed by atoms with Crippen molar-refractivity contribution >= 4 is 11.6 Å². The third-order valence-corrected chi connectivity index (χ3v) is 3.74. The molecule has 0 bridgehead atoms. The van der Waals surface area contributed by atoms with E-state index in [4.69, 9.17) is 4.74 Å². The van der Waals surface area contributed by atoms with Gasteiger partial charge in [-0.05, 0) is 32.7 Å². The van der Waals surface area contributed by atoms with Crippen LogP contribution in [0, 0.1) is 0 Å². The second kappa shape index (κ2) is 8.06. The molecule has 25 heavy (non-hydrogen) atoms. The Bertz CT molecular complexity index is 684. The maximum Gasteiger partial charge on any atom is 0.388 e. The van der Waals surface area contributed by atoms with E-state index in [-0.39, 0.29) is 17.8 Å². The minimum Gasteiger partial charge on any atom is -0.473 e. The van der Waals surface area contributed by atoms with Gasteiger partial charge in [-0.3, -0.25) is 4.98 Å². The minimum atomic E-state index is -2.92. The molecule has 0 saturated carbocycles. The molecular formula is C15H20F2N6O2. The lowest BCUT2D eigenvalue weighted by atomic mass is 10.1. The third-order valence-electron chi connectivity index (χ3n) is 3.74.